The zero-order chi connectivity index (χ0) is 22.0. The molecule has 0 amide bonds. The topological polar surface area (TPSA) is 81.7 Å². The summed E-state index contributed by atoms with van der Waals surface area (Å²) in [6.45, 7) is 8.58. The average molecular weight is 457 g/mol. The largest absolute Gasteiger partial charge is 0.466 e. The van der Waals surface area contributed by atoms with E-state index in [4.69, 9.17) is 44.8 Å². The number of halogens is 1. The molecule has 0 atom stereocenters. The van der Waals surface area contributed by atoms with Gasteiger partial charge in [-0.25, -0.2) is 0 Å². The van der Waals surface area contributed by atoms with E-state index < -0.39 is 0 Å². The number of esters is 1. The Hall–Kier alpha value is -0.480. The highest BCUT2D eigenvalue weighted by Crippen LogP contribution is 2.01. The number of carbonyl (C=O) groups excluding carboxylic acids is 1. The molecule has 0 fully saturated rings. The summed E-state index contributed by atoms with van der Waals surface area (Å²) >= 11 is 5.63. The fourth-order valence-corrected chi connectivity index (χ4v) is 2.43. The maximum Gasteiger partial charge on any atom is 0.308 e. The molecule has 30 heavy (non-hydrogen) atoms. The summed E-state index contributed by atoms with van der Waals surface area (Å²) in [5.74, 6) is 0.504. The number of rotatable bonds is 25. The predicted octanol–water partition coefficient (Wildman–Crippen LogP) is 2.84. The molecule has 0 rings (SSSR count). The molecular formula is C21H41ClO8. The Balaban J connectivity index is 3.03. The highest BCUT2D eigenvalue weighted by molar-refractivity contribution is 6.17. The van der Waals surface area contributed by atoms with E-state index in [0.717, 1.165) is 25.3 Å². The summed E-state index contributed by atoms with van der Waals surface area (Å²) in [4.78, 5) is 11.1. The van der Waals surface area contributed by atoms with Crippen molar-refractivity contribution < 1.29 is 38.0 Å². The minimum atomic E-state index is -0.241. The molecule has 8 nitrogen and oxygen atoms in total. The van der Waals surface area contributed by atoms with Crippen molar-refractivity contribution in [3.05, 3.63) is 0 Å². The van der Waals surface area contributed by atoms with Gasteiger partial charge in [0, 0.05) is 12.5 Å². The van der Waals surface area contributed by atoms with Gasteiger partial charge in [-0.05, 0) is 19.8 Å². The summed E-state index contributed by atoms with van der Waals surface area (Å²) in [5, 5.41) is 0. The Morgan fingerprint density at radius 1 is 0.567 bits per heavy atom. The van der Waals surface area contributed by atoms with Gasteiger partial charge in [0.1, 0.15) is 0 Å². The van der Waals surface area contributed by atoms with Crippen LogP contribution in [-0.4, -0.2) is 97.7 Å². The van der Waals surface area contributed by atoms with E-state index in [0.29, 0.717) is 79.3 Å². The van der Waals surface area contributed by atoms with Crippen LogP contribution in [0.4, 0.5) is 0 Å². The monoisotopic (exact) mass is 456 g/mol. The number of carbonyl (C=O) groups is 1. The maximum absolute atomic E-state index is 11.1. The highest BCUT2D eigenvalue weighted by Gasteiger charge is 2.00. The zero-order valence-electron chi connectivity index (χ0n) is 18.6. The second-order valence-electron chi connectivity index (χ2n) is 6.33. The van der Waals surface area contributed by atoms with Gasteiger partial charge in [-0.15, -0.1) is 11.6 Å². The van der Waals surface area contributed by atoms with Gasteiger partial charge in [-0.1, -0.05) is 12.8 Å². The molecule has 0 aliphatic rings. The van der Waals surface area contributed by atoms with Crippen LogP contribution in [0.25, 0.3) is 0 Å². The van der Waals surface area contributed by atoms with Crippen molar-refractivity contribution in [2.75, 3.05) is 91.8 Å². The molecular weight excluding hydrogens is 416 g/mol. The summed E-state index contributed by atoms with van der Waals surface area (Å²) in [6.07, 6.45) is 4.77. The van der Waals surface area contributed by atoms with Gasteiger partial charge in [0.05, 0.1) is 85.7 Å². The van der Waals surface area contributed by atoms with Crippen LogP contribution in [0.5, 0.6) is 0 Å². The lowest BCUT2D eigenvalue weighted by Gasteiger charge is -2.08. The van der Waals surface area contributed by atoms with Gasteiger partial charge in [0.2, 0.25) is 0 Å². The Bertz CT molecular complexity index is 347. The molecule has 0 aromatic carbocycles. The molecule has 0 aromatic rings. The number of ether oxygens (including phenoxy) is 7. The van der Waals surface area contributed by atoms with Crippen LogP contribution in [0.15, 0.2) is 0 Å². The zero-order valence-corrected chi connectivity index (χ0v) is 19.3. The molecule has 180 valence electrons. The third-order valence-electron chi connectivity index (χ3n) is 3.79. The summed E-state index contributed by atoms with van der Waals surface area (Å²) in [6, 6.07) is 0. The third-order valence-corrected chi connectivity index (χ3v) is 4.06. The lowest BCUT2D eigenvalue weighted by molar-refractivity contribution is -0.144. The molecule has 0 N–H and O–H groups in total. The Morgan fingerprint density at radius 3 is 1.40 bits per heavy atom. The van der Waals surface area contributed by atoms with E-state index in [1.54, 1.807) is 6.92 Å². The Labute approximate surface area is 186 Å². The minimum absolute atomic E-state index is 0.241. The minimum Gasteiger partial charge on any atom is -0.466 e. The van der Waals surface area contributed by atoms with Gasteiger partial charge in [-0.2, -0.15) is 0 Å². The van der Waals surface area contributed by atoms with E-state index in [1.807, 2.05) is 0 Å². The maximum atomic E-state index is 11.1. The first-order valence-electron chi connectivity index (χ1n) is 11.0. The normalized spacial score (nSPS) is 11.1. The molecule has 0 aliphatic heterocycles. The number of unbranched alkanes of at least 4 members (excludes halogenated alkanes) is 3. The molecule has 0 aromatic heterocycles. The first-order valence-corrected chi connectivity index (χ1v) is 11.5. The van der Waals surface area contributed by atoms with E-state index in [1.165, 1.54) is 12.8 Å². The summed E-state index contributed by atoms with van der Waals surface area (Å²) in [5.41, 5.74) is 0. The summed E-state index contributed by atoms with van der Waals surface area (Å²) in [7, 11) is 0. The van der Waals surface area contributed by atoms with Crippen LogP contribution in [0.3, 0.4) is 0 Å². The van der Waals surface area contributed by atoms with Crippen molar-refractivity contribution in [3.63, 3.8) is 0 Å². The SMILES string of the molecule is CCOC(=O)CCOCCOCCOCCOCCOCCOCCCCCCCl. The van der Waals surface area contributed by atoms with Crippen LogP contribution in [0.1, 0.15) is 39.0 Å². The number of alkyl halides is 1. The van der Waals surface area contributed by atoms with Crippen LogP contribution in [-0.2, 0) is 38.0 Å². The first kappa shape index (κ1) is 29.5. The molecule has 0 heterocycles. The molecule has 0 radical (unpaired) electrons. The van der Waals surface area contributed by atoms with Crippen molar-refractivity contribution in [1.82, 2.24) is 0 Å². The van der Waals surface area contributed by atoms with Crippen molar-refractivity contribution in [2.24, 2.45) is 0 Å². The first-order chi connectivity index (χ1) is 14.8. The second-order valence-corrected chi connectivity index (χ2v) is 6.71. The van der Waals surface area contributed by atoms with Gasteiger partial charge >= 0.3 is 5.97 Å². The standard InChI is InChI=1S/C21H41ClO8/c1-2-30-21(23)7-10-25-12-14-27-16-18-29-20-19-28-17-15-26-13-11-24-9-6-4-3-5-8-22/h2-20H2,1H3. The molecule has 9 heteroatoms. The van der Waals surface area contributed by atoms with E-state index in [9.17, 15) is 4.79 Å². The summed E-state index contributed by atoms with van der Waals surface area (Å²) < 4.78 is 37.2. The van der Waals surface area contributed by atoms with Crippen molar-refractivity contribution in [2.45, 2.75) is 39.0 Å². The number of hydrogen-bond acceptors (Lipinski definition) is 8. The third kappa shape index (κ3) is 25.6. The van der Waals surface area contributed by atoms with Crippen molar-refractivity contribution in [1.29, 1.82) is 0 Å². The Kier molecular flexibility index (Phi) is 26.1. The van der Waals surface area contributed by atoms with Gasteiger partial charge in [0.15, 0.2) is 0 Å². The quantitative estimate of drug-likeness (QED) is 0.118. The molecule has 0 saturated heterocycles. The van der Waals surface area contributed by atoms with Crippen LogP contribution in [0, 0.1) is 0 Å². The molecule has 0 saturated carbocycles. The van der Waals surface area contributed by atoms with E-state index >= 15 is 0 Å². The van der Waals surface area contributed by atoms with Gasteiger partial charge in [0.25, 0.3) is 0 Å². The number of hydrogen-bond donors (Lipinski definition) is 0. The van der Waals surface area contributed by atoms with Crippen LogP contribution in [0.2, 0.25) is 0 Å². The smallest absolute Gasteiger partial charge is 0.308 e. The Morgan fingerprint density at radius 2 is 0.967 bits per heavy atom. The van der Waals surface area contributed by atoms with Gasteiger partial charge in [-0.3, -0.25) is 4.79 Å². The fraction of sp³-hybridized carbons (Fsp3) is 0.952. The average Bonchev–Trinajstić information content (AvgIpc) is 2.74. The van der Waals surface area contributed by atoms with Crippen molar-refractivity contribution >= 4 is 17.6 Å². The molecule has 0 bridgehead atoms. The van der Waals surface area contributed by atoms with E-state index in [2.05, 4.69) is 0 Å². The van der Waals surface area contributed by atoms with Crippen molar-refractivity contribution in [3.8, 4) is 0 Å². The second kappa shape index (κ2) is 26.6. The highest BCUT2D eigenvalue weighted by atomic mass is 35.5. The molecule has 0 spiro atoms. The fourth-order valence-electron chi connectivity index (χ4n) is 2.24. The molecule has 0 aliphatic carbocycles. The van der Waals surface area contributed by atoms with Crippen LogP contribution < -0.4 is 0 Å². The lowest BCUT2D eigenvalue weighted by Crippen LogP contribution is -2.14. The van der Waals surface area contributed by atoms with Gasteiger partial charge < -0.3 is 33.2 Å². The lowest BCUT2D eigenvalue weighted by atomic mass is 10.2. The molecule has 0 unspecified atom stereocenters. The predicted molar refractivity (Wildman–Crippen MR) is 115 cm³/mol. The van der Waals surface area contributed by atoms with Crippen LogP contribution >= 0.6 is 11.6 Å². The van der Waals surface area contributed by atoms with E-state index in [-0.39, 0.29) is 12.4 Å².